The maximum absolute atomic E-state index is 11.6. The predicted octanol–water partition coefficient (Wildman–Crippen LogP) is 1.25. The van der Waals surface area contributed by atoms with Gasteiger partial charge in [-0.05, 0) is 20.8 Å². The summed E-state index contributed by atoms with van der Waals surface area (Å²) in [6.07, 6.45) is 0.347. The van der Waals surface area contributed by atoms with Crippen LogP contribution in [0.4, 0.5) is 0 Å². The summed E-state index contributed by atoms with van der Waals surface area (Å²) in [5.41, 5.74) is -0.412. The summed E-state index contributed by atoms with van der Waals surface area (Å²) in [5.74, 6) is -1.17. The standard InChI is InChI=1S/C11H18BrNO4/c1-11(2,3)17-6-8(10(15)16)13-5-7(12)4-9(13)14/h7-8H,4-6H2,1-3H3,(H,15,16)/t7?,8-/m0/s1. The van der Waals surface area contributed by atoms with Gasteiger partial charge in [0.25, 0.3) is 0 Å². The highest BCUT2D eigenvalue weighted by atomic mass is 79.9. The third-order valence-electron chi connectivity index (χ3n) is 2.45. The Bertz CT molecular complexity index is 313. The SMILES string of the molecule is CC(C)(C)OC[C@@H](C(=O)O)N1CC(Br)CC1=O. The first-order valence-corrected chi connectivity index (χ1v) is 6.42. The highest BCUT2D eigenvalue weighted by Gasteiger charge is 2.37. The molecule has 1 aliphatic heterocycles. The van der Waals surface area contributed by atoms with Gasteiger partial charge in [0.15, 0.2) is 6.04 Å². The largest absolute Gasteiger partial charge is 0.480 e. The van der Waals surface area contributed by atoms with Gasteiger partial charge in [-0.3, -0.25) is 4.79 Å². The van der Waals surface area contributed by atoms with Crippen LogP contribution in [0.1, 0.15) is 27.2 Å². The number of hydrogen-bond acceptors (Lipinski definition) is 3. The van der Waals surface area contributed by atoms with Gasteiger partial charge in [-0.1, -0.05) is 15.9 Å². The van der Waals surface area contributed by atoms with E-state index < -0.39 is 17.6 Å². The molecule has 1 heterocycles. The van der Waals surface area contributed by atoms with E-state index in [0.717, 1.165) is 0 Å². The minimum Gasteiger partial charge on any atom is -0.480 e. The number of likely N-dealkylation sites (tertiary alicyclic amines) is 1. The molecule has 6 heteroatoms. The molecule has 2 atom stereocenters. The number of carboxylic acid groups (broad SMARTS) is 1. The molecule has 1 saturated heterocycles. The summed E-state index contributed by atoms with van der Waals surface area (Å²) in [7, 11) is 0. The maximum atomic E-state index is 11.6. The second kappa shape index (κ2) is 5.35. The molecule has 1 aliphatic rings. The first kappa shape index (κ1) is 14.4. The number of halogens is 1. The fourth-order valence-corrected chi connectivity index (χ4v) is 2.20. The molecule has 1 rings (SSSR count). The van der Waals surface area contributed by atoms with Gasteiger partial charge < -0.3 is 14.7 Å². The zero-order valence-corrected chi connectivity index (χ0v) is 11.9. The Morgan fingerprint density at radius 3 is 2.59 bits per heavy atom. The first-order valence-electron chi connectivity index (χ1n) is 5.51. The minimum atomic E-state index is -1.02. The third-order valence-corrected chi connectivity index (χ3v) is 3.06. The fourth-order valence-electron chi connectivity index (χ4n) is 1.61. The molecule has 0 radical (unpaired) electrons. The summed E-state index contributed by atoms with van der Waals surface area (Å²) >= 11 is 3.33. The smallest absolute Gasteiger partial charge is 0.328 e. The Morgan fingerprint density at radius 1 is 1.65 bits per heavy atom. The van der Waals surface area contributed by atoms with Crippen molar-refractivity contribution in [3.05, 3.63) is 0 Å². The molecule has 0 aromatic rings. The van der Waals surface area contributed by atoms with E-state index in [1.807, 2.05) is 20.8 Å². The van der Waals surface area contributed by atoms with Gasteiger partial charge in [0.05, 0.1) is 12.2 Å². The molecular formula is C11H18BrNO4. The molecule has 0 aromatic carbocycles. The molecule has 1 fully saturated rings. The van der Waals surface area contributed by atoms with Crippen molar-refractivity contribution in [2.24, 2.45) is 0 Å². The highest BCUT2D eigenvalue weighted by Crippen LogP contribution is 2.21. The van der Waals surface area contributed by atoms with Gasteiger partial charge in [-0.2, -0.15) is 0 Å². The van der Waals surface area contributed by atoms with E-state index in [-0.39, 0.29) is 17.3 Å². The Kier molecular flexibility index (Phi) is 4.55. The van der Waals surface area contributed by atoms with Crippen molar-refractivity contribution in [2.45, 2.75) is 43.7 Å². The van der Waals surface area contributed by atoms with Crippen LogP contribution in [0.25, 0.3) is 0 Å². The summed E-state index contributed by atoms with van der Waals surface area (Å²) in [5, 5.41) is 9.15. The Hall–Kier alpha value is -0.620. The fraction of sp³-hybridized carbons (Fsp3) is 0.818. The van der Waals surface area contributed by atoms with Crippen LogP contribution in [-0.4, -0.2) is 51.5 Å². The second-order valence-electron chi connectivity index (χ2n) is 5.12. The van der Waals surface area contributed by atoms with Crippen molar-refractivity contribution < 1.29 is 19.4 Å². The van der Waals surface area contributed by atoms with Gasteiger partial charge in [0, 0.05) is 17.8 Å². The quantitative estimate of drug-likeness (QED) is 0.794. The normalized spacial score (nSPS) is 22.9. The van der Waals surface area contributed by atoms with Crippen molar-refractivity contribution in [2.75, 3.05) is 13.2 Å². The molecule has 1 amide bonds. The molecule has 0 saturated carbocycles. The van der Waals surface area contributed by atoms with Crippen LogP contribution in [0.3, 0.4) is 0 Å². The van der Waals surface area contributed by atoms with Crippen LogP contribution in [0.5, 0.6) is 0 Å². The van der Waals surface area contributed by atoms with E-state index in [4.69, 9.17) is 9.84 Å². The molecule has 0 aliphatic carbocycles. The Morgan fingerprint density at radius 2 is 2.24 bits per heavy atom. The first-order chi connectivity index (χ1) is 7.70. The topological polar surface area (TPSA) is 66.8 Å². The van der Waals surface area contributed by atoms with Gasteiger partial charge in [0.1, 0.15) is 0 Å². The monoisotopic (exact) mass is 307 g/mol. The second-order valence-corrected chi connectivity index (χ2v) is 6.42. The van der Waals surface area contributed by atoms with E-state index in [9.17, 15) is 9.59 Å². The molecule has 0 aromatic heterocycles. The van der Waals surface area contributed by atoms with Crippen LogP contribution < -0.4 is 0 Å². The summed E-state index contributed by atoms with van der Waals surface area (Å²) < 4.78 is 5.46. The lowest BCUT2D eigenvalue weighted by Gasteiger charge is -2.28. The summed E-state index contributed by atoms with van der Waals surface area (Å²) in [6.45, 7) is 5.99. The van der Waals surface area contributed by atoms with Gasteiger partial charge in [-0.25, -0.2) is 4.79 Å². The minimum absolute atomic E-state index is 0.0181. The van der Waals surface area contributed by atoms with Crippen LogP contribution >= 0.6 is 15.9 Å². The van der Waals surface area contributed by atoms with Crippen molar-refractivity contribution >= 4 is 27.8 Å². The number of carboxylic acids is 1. The highest BCUT2D eigenvalue weighted by molar-refractivity contribution is 9.09. The molecule has 1 N–H and O–H groups in total. The number of hydrogen-bond donors (Lipinski definition) is 1. The van der Waals surface area contributed by atoms with Crippen LogP contribution in [-0.2, 0) is 14.3 Å². The van der Waals surface area contributed by atoms with Crippen molar-refractivity contribution in [3.63, 3.8) is 0 Å². The van der Waals surface area contributed by atoms with E-state index in [0.29, 0.717) is 13.0 Å². The summed E-state index contributed by atoms with van der Waals surface area (Å²) in [6, 6.07) is -0.899. The lowest BCUT2D eigenvalue weighted by molar-refractivity contribution is -0.153. The van der Waals surface area contributed by atoms with E-state index in [1.165, 1.54) is 4.90 Å². The average Bonchev–Trinajstić information content (AvgIpc) is 2.43. The predicted molar refractivity (Wildman–Crippen MR) is 66.2 cm³/mol. The number of aliphatic carboxylic acids is 1. The molecule has 0 spiro atoms. The molecule has 0 bridgehead atoms. The van der Waals surface area contributed by atoms with Gasteiger partial charge in [-0.15, -0.1) is 0 Å². The van der Waals surface area contributed by atoms with Crippen molar-refractivity contribution in [1.29, 1.82) is 0 Å². The number of amides is 1. The number of alkyl halides is 1. The third kappa shape index (κ3) is 4.27. The number of carbonyl (C=O) groups excluding carboxylic acids is 1. The molecule has 17 heavy (non-hydrogen) atoms. The maximum Gasteiger partial charge on any atom is 0.328 e. The van der Waals surface area contributed by atoms with Gasteiger partial charge in [0.2, 0.25) is 5.91 Å². The van der Waals surface area contributed by atoms with Crippen LogP contribution in [0.15, 0.2) is 0 Å². The molecule has 1 unspecified atom stereocenters. The average molecular weight is 308 g/mol. The lowest BCUT2D eigenvalue weighted by Crippen LogP contribution is -2.46. The zero-order valence-electron chi connectivity index (χ0n) is 10.3. The number of nitrogens with zero attached hydrogens (tertiary/aromatic N) is 1. The number of ether oxygens (including phenoxy) is 1. The van der Waals surface area contributed by atoms with Gasteiger partial charge >= 0.3 is 5.97 Å². The van der Waals surface area contributed by atoms with Crippen molar-refractivity contribution in [1.82, 2.24) is 4.90 Å². The van der Waals surface area contributed by atoms with E-state index in [2.05, 4.69) is 15.9 Å². The molecule has 5 nitrogen and oxygen atoms in total. The van der Waals surface area contributed by atoms with E-state index in [1.54, 1.807) is 0 Å². The number of carbonyl (C=O) groups is 2. The molecule has 98 valence electrons. The van der Waals surface area contributed by atoms with E-state index >= 15 is 0 Å². The van der Waals surface area contributed by atoms with Crippen LogP contribution in [0.2, 0.25) is 0 Å². The van der Waals surface area contributed by atoms with Crippen LogP contribution in [0, 0.1) is 0 Å². The molecular weight excluding hydrogens is 290 g/mol. The lowest BCUT2D eigenvalue weighted by atomic mass is 10.2. The van der Waals surface area contributed by atoms with Crippen molar-refractivity contribution in [3.8, 4) is 0 Å². The Balaban J connectivity index is 2.67. The number of rotatable bonds is 4. The Labute approximate surface area is 109 Å². The summed E-state index contributed by atoms with van der Waals surface area (Å²) in [4.78, 5) is 24.2. The zero-order chi connectivity index (χ0) is 13.2.